The first kappa shape index (κ1) is 20.9. The van der Waals surface area contributed by atoms with Crippen molar-refractivity contribution in [1.82, 2.24) is 15.0 Å². The molecule has 1 unspecified atom stereocenters. The molecule has 0 bridgehead atoms. The highest BCUT2D eigenvalue weighted by atomic mass is 16.5. The molecule has 1 aliphatic heterocycles. The van der Waals surface area contributed by atoms with E-state index in [-0.39, 0.29) is 5.91 Å². The molecule has 2 aromatic carbocycles. The monoisotopic (exact) mass is 420 g/mol. The molecule has 1 atom stereocenters. The molecule has 31 heavy (non-hydrogen) atoms. The van der Waals surface area contributed by atoms with Gasteiger partial charge in [-0.2, -0.15) is 4.98 Å². The summed E-state index contributed by atoms with van der Waals surface area (Å²) in [6, 6.07) is 13.3. The minimum absolute atomic E-state index is 0.111. The number of anilines is 1. The number of hydrogen-bond acceptors (Lipinski definition) is 6. The van der Waals surface area contributed by atoms with Gasteiger partial charge in [0.1, 0.15) is 5.75 Å². The second kappa shape index (κ2) is 9.20. The van der Waals surface area contributed by atoms with Crippen LogP contribution in [0.5, 0.6) is 5.75 Å². The molecule has 0 aliphatic carbocycles. The Balaban J connectivity index is 1.41. The quantitative estimate of drug-likeness (QED) is 0.631. The van der Waals surface area contributed by atoms with Gasteiger partial charge in [-0.05, 0) is 61.6 Å². The first-order valence-electron chi connectivity index (χ1n) is 10.6. The minimum Gasteiger partial charge on any atom is -0.496 e. The number of carbonyl (C=O) groups excluding carboxylic acids is 1. The zero-order valence-corrected chi connectivity index (χ0v) is 18.2. The van der Waals surface area contributed by atoms with Crippen LogP contribution in [0, 0.1) is 12.8 Å². The van der Waals surface area contributed by atoms with Crippen molar-refractivity contribution in [1.29, 1.82) is 0 Å². The minimum atomic E-state index is 0.111. The van der Waals surface area contributed by atoms with Crippen LogP contribution >= 0.6 is 0 Å². The number of carbonyl (C=O) groups is 1. The van der Waals surface area contributed by atoms with Crippen molar-refractivity contribution < 1.29 is 14.1 Å². The van der Waals surface area contributed by atoms with Crippen LogP contribution in [-0.2, 0) is 6.54 Å². The molecule has 1 aromatic heterocycles. The average molecular weight is 421 g/mol. The van der Waals surface area contributed by atoms with Gasteiger partial charge in [-0.15, -0.1) is 0 Å². The first-order chi connectivity index (χ1) is 15.0. The number of aryl methyl sites for hydroxylation is 1. The van der Waals surface area contributed by atoms with Crippen molar-refractivity contribution in [2.24, 2.45) is 5.92 Å². The van der Waals surface area contributed by atoms with Gasteiger partial charge in [0.15, 0.2) is 0 Å². The van der Waals surface area contributed by atoms with E-state index in [1.807, 2.05) is 54.3 Å². The molecule has 2 heterocycles. The fourth-order valence-corrected chi connectivity index (χ4v) is 3.99. The number of para-hydroxylation sites is 1. The van der Waals surface area contributed by atoms with E-state index in [1.165, 1.54) is 6.42 Å². The maximum atomic E-state index is 12.8. The van der Waals surface area contributed by atoms with E-state index >= 15 is 0 Å². The van der Waals surface area contributed by atoms with E-state index in [1.54, 1.807) is 7.11 Å². The molecule has 4 rings (SSSR count). The van der Waals surface area contributed by atoms with Crippen LogP contribution in [0.2, 0.25) is 0 Å². The predicted octanol–water partition coefficient (Wildman–Crippen LogP) is 4.54. The Bertz CT molecular complexity index is 1060. The summed E-state index contributed by atoms with van der Waals surface area (Å²) in [5.74, 6) is 2.34. The third-order valence-electron chi connectivity index (χ3n) is 5.66. The second-order valence-electron chi connectivity index (χ2n) is 8.09. The van der Waals surface area contributed by atoms with E-state index in [9.17, 15) is 4.79 Å². The van der Waals surface area contributed by atoms with Gasteiger partial charge in [-0.1, -0.05) is 24.2 Å². The molecular weight excluding hydrogens is 392 g/mol. The predicted molar refractivity (Wildman–Crippen MR) is 119 cm³/mol. The molecule has 1 fully saturated rings. The summed E-state index contributed by atoms with van der Waals surface area (Å²) in [5, 5.41) is 7.39. The zero-order valence-electron chi connectivity index (χ0n) is 18.2. The number of amides is 1. The summed E-state index contributed by atoms with van der Waals surface area (Å²) in [7, 11) is 1.62. The average Bonchev–Trinajstić information content (AvgIpc) is 3.26. The molecule has 7 nitrogen and oxygen atoms in total. The number of piperidine rings is 1. The number of hydrogen-bond donors (Lipinski definition) is 1. The lowest BCUT2D eigenvalue weighted by Crippen LogP contribution is -2.39. The smallest absolute Gasteiger partial charge is 0.253 e. The van der Waals surface area contributed by atoms with E-state index in [0.717, 1.165) is 41.9 Å². The molecule has 1 saturated heterocycles. The summed E-state index contributed by atoms with van der Waals surface area (Å²) in [6.45, 7) is 6.26. The van der Waals surface area contributed by atoms with Gasteiger partial charge >= 0.3 is 0 Å². The number of methoxy groups -OCH3 is 1. The Morgan fingerprint density at radius 2 is 2.13 bits per heavy atom. The molecule has 0 radical (unpaired) electrons. The molecule has 1 N–H and O–H groups in total. The number of benzene rings is 2. The van der Waals surface area contributed by atoms with Gasteiger partial charge in [0.25, 0.3) is 5.91 Å². The molecule has 0 spiro atoms. The second-order valence-corrected chi connectivity index (χ2v) is 8.09. The van der Waals surface area contributed by atoms with Gasteiger partial charge in [-0.3, -0.25) is 4.79 Å². The number of ether oxygens (including phenoxy) is 1. The third-order valence-corrected chi connectivity index (χ3v) is 5.66. The fourth-order valence-electron chi connectivity index (χ4n) is 3.99. The highest BCUT2D eigenvalue weighted by Gasteiger charge is 2.22. The maximum Gasteiger partial charge on any atom is 0.253 e. The normalized spacial score (nSPS) is 16.2. The van der Waals surface area contributed by atoms with Gasteiger partial charge in [0, 0.05) is 24.3 Å². The largest absolute Gasteiger partial charge is 0.496 e. The lowest BCUT2D eigenvalue weighted by atomic mass is 9.99. The van der Waals surface area contributed by atoms with Crippen LogP contribution in [0.3, 0.4) is 0 Å². The Hall–Kier alpha value is -3.35. The number of likely N-dealkylation sites (tertiary alicyclic amines) is 1. The molecule has 7 heteroatoms. The Kier molecular flexibility index (Phi) is 6.21. The fraction of sp³-hybridized carbons (Fsp3) is 0.375. The lowest BCUT2D eigenvalue weighted by molar-refractivity contribution is 0.0683. The standard InChI is InChI=1S/C24H28N4O3/c1-16-7-6-12-28(15-16)24(29)18-10-11-20(17(2)13-18)25-14-22-26-23(27-31-22)19-8-4-5-9-21(19)30-3/h4-5,8-11,13,16,25H,6-7,12,14-15H2,1-3H3. The molecule has 3 aromatic rings. The molecule has 1 amide bonds. The van der Waals surface area contributed by atoms with Crippen LogP contribution in [-0.4, -0.2) is 41.1 Å². The van der Waals surface area contributed by atoms with E-state index in [2.05, 4.69) is 22.4 Å². The molecule has 162 valence electrons. The molecule has 1 aliphatic rings. The Morgan fingerprint density at radius 1 is 1.29 bits per heavy atom. The van der Waals surface area contributed by atoms with Crippen molar-refractivity contribution in [2.45, 2.75) is 33.2 Å². The Labute approximate surface area is 182 Å². The number of nitrogens with one attached hydrogen (secondary N) is 1. The van der Waals surface area contributed by atoms with Crippen LogP contribution < -0.4 is 10.1 Å². The van der Waals surface area contributed by atoms with Gasteiger partial charge in [-0.25, -0.2) is 0 Å². The van der Waals surface area contributed by atoms with E-state index in [4.69, 9.17) is 9.26 Å². The maximum absolute atomic E-state index is 12.8. The van der Waals surface area contributed by atoms with Crippen LogP contribution in [0.1, 0.15) is 41.6 Å². The van der Waals surface area contributed by atoms with Crippen molar-refractivity contribution in [3.8, 4) is 17.1 Å². The van der Waals surface area contributed by atoms with Crippen LogP contribution in [0.4, 0.5) is 5.69 Å². The number of rotatable bonds is 6. The van der Waals surface area contributed by atoms with Crippen LogP contribution in [0.25, 0.3) is 11.4 Å². The summed E-state index contributed by atoms with van der Waals surface area (Å²) >= 11 is 0. The zero-order chi connectivity index (χ0) is 21.8. The SMILES string of the molecule is COc1ccccc1-c1noc(CNc2ccc(C(=O)N3CCCC(C)C3)cc2C)n1. The topological polar surface area (TPSA) is 80.5 Å². The van der Waals surface area contributed by atoms with E-state index in [0.29, 0.717) is 29.9 Å². The van der Waals surface area contributed by atoms with Crippen molar-refractivity contribution in [3.05, 3.63) is 59.5 Å². The van der Waals surface area contributed by atoms with Gasteiger partial charge in [0.2, 0.25) is 11.7 Å². The highest BCUT2D eigenvalue weighted by Crippen LogP contribution is 2.27. The summed E-state index contributed by atoms with van der Waals surface area (Å²) in [5.41, 5.74) is 3.44. The van der Waals surface area contributed by atoms with Crippen molar-refractivity contribution in [3.63, 3.8) is 0 Å². The highest BCUT2D eigenvalue weighted by molar-refractivity contribution is 5.95. The van der Waals surface area contributed by atoms with Crippen LogP contribution in [0.15, 0.2) is 47.0 Å². The van der Waals surface area contributed by atoms with E-state index < -0.39 is 0 Å². The van der Waals surface area contributed by atoms with Crippen molar-refractivity contribution >= 4 is 11.6 Å². The van der Waals surface area contributed by atoms with Gasteiger partial charge in [0.05, 0.1) is 19.2 Å². The van der Waals surface area contributed by atoms with Crippen molar-refractivity contribution in [2.75, 3.05) is 25.5 Å². The summed E-state index contributed by atoms with van der Waals surface area (Å²) in [6.07, 6.45) is 2.27. The summed E-state index contributed by atoms with van der Waals surface area (Å²) < 4.78 is 10.8. The summed E-state index contributed by atoms with van der Waals surface area (Å²) in [4.78, 5) is 19.3. The number of aromatic nitrogens is 2. The number of nitrogens with zero attached hydrogens (tertiary/aromatic N) is 3. The first-order valence-corrected chi connectivity index (χ1v) is 10.6. The molecular formula is C24H28N4O3. The lowest BCUT2D eigenvalue weighted by Gasteiger charge is -2.31. The molecule has 0 saturated carbocycles. The third kappa shape index (κ3) is 4.71. The van der Waals surface area contributed by atoms with Gasteiger partial charge < -0.3 is 19.5 Å². The Morgan fingerprint density at radius 3 is 2.90 bits per heavy atom.